The fourth-order valence-corrected chi connectivity index (χ4v) is 2.47. The topological polar surface area (TPSA) is 41.6 Å². The summed E-state index contributed by atoms with van der Waals surface area (Å²) in [5, 5.41) is 3.23. The molecule has 2 unspecified atom stereocenters. The number of nitrogens with one attached hydrogen (secondary N) is 1. The lowest BCUT2D eigenvalue weighted by molar-refractivity contribution is -0.137. The van der Waals surface area contributed by atoms with Crippen molar-refractivity contribution < 1.29 is 22.7 Å². The maximum Gasteiger partial charge on any atom is 0.416 e. The first-order chi connectivity index (χ1) is 11.3. The summed E-state index contributed by atoms with van der Waals surface area (Å²) >= 11 is 5.86. The summed E-state index contributed by atoms with van der Waals surface area (Å²) in [4.78, 5) is 12.0. The van der Waals surface area contributed by atoms with E-state index in [9.17, 15) is 18.0 Å². The maximum absolute atomic E-state index is 13.0. The second kappa shape index (κ2) is 6.45. The minimum absolute atomic E-state index is 0.321. The Kier molecular flexibility index (Phi) is 4.51. The minimum Gasteiger partial charge on any atom is -0.363 e. The van der Waals surface area contributed by atoms with Crippen LogP contribution in [0.3, 0.4) is 0 Å². The Morgan fingerprint density at radius 1 is 1.17 bits per heavy atom. The number of epoxide rings is 1. The lowest BCUT2D eigenvalue weighted by Gasteiger charge is -2.20. The second-order valence-electron chi connectivity index (χ2n) is 5.44. The molecule has 1 fully saturated rings. The van der Waals surface area contributed by atoms with Gasteiger partial charge in [-0.2, -0.15) is 13.2 Å². The molecule has 0 aliphatic carbocycles. The van der Waals surface area contributed by atoms with Gasteiger partial charge in [-0.15, -0.1) is 0 Å². The van der Waals surface area contributed by atoms with Gasteiger partial charge < -0.3 is 10.1 Å². The first-order valence-electron chi connectivity index (χ1n) is 7.19. The number of rotatable bonds is 4. The molecular formula is C17H13ClF3NO2. The van der Waals surface area contributed by atoms with Crippen molar-refractivity contribution in [2.24, 2.45) is 0 Å². The highest BCUT2D eigenvalue weighted by Gasteiger charge is 2.34. The standard InChI is InChI=1S/C17H13ClF3NO2/c18-13-6-4-10(5-7-13)15(22-16(23)14-9-24-14)11-2-1-3-12(8-11)17(19,20)21/h1-8,14-15H,9H2,(H,22,23). The summed E-state index contributed by atoms with van der Waals surface area (Å²) in [7, 11) is 0. The normalized spacial score (nSPS) is 18.1. The minimum atomic E-state index is -4.45. The third-order valence-corrected chi connectivity index (χ3v) is 3.91. The Bertz CT molecular complexity index is 742. The van der Waals surface area contributed by atoms with E-state index in [0.29, 0.717) is 22.8 Å². The third kappa shape index (κ3) is 3.88. The average molecular weight is 356 g/mol. The highest BCUT2D eigenvalue weighted by molar-refractivity contribution is 6.30. The molecule has 2 aromatic carbocycles. The zero-order valence-corrected chi connectivity index (χ0v) is 13.1. The fourth-order valence-electron chi connectivity index (χ4n) is 2.34. The van der Waals surface area contributed by atoms with E-state index in [4.69, 9.17) is 16.3 Å². The lowest BCUT2D eigenvalue weighted by Crippen LogP contribution is -2.32. The van der Waals surface area contributed by atoms with Crippen LogP contribution in [-0.4, -0.2) is 18.6 Å². The second-order valence-corrected chi connectivity index (χ2v) is 5.87. The predicted octanol–water partition coefficient (Wildman–Crippen LogP) is 3.96. The Morgan fingerprint density at radius 3 is 2.42 bits per heavy atom. The number of carbonyl (C=O) groups excluding carboxylic acids is 1. The number of halogens is 4. The van der Waals surface area contributed by atoms with Gasteiger partial charge in [0.25, 0.3) is 5.91 Å². The summed E-state index contributed by atoms with van der Waals surface area (Å²) in [6, 6.07) is 10.8. The zero-order valence-electron chi connectivity index (χ0n) is 12.3. The van der Waals surface area contributed by atoms with Crippen LogP contribution >= 0.6 is 11.6 Å². The van der Waals surface area contributed by atoms with Crippen LogP contribution < -0.4 is 5.32 Å². The maximum atomic E-state index is 13.0. The summed E-state index contributed by atoms with van der Waals surface area (Å²) in [6.45, 7) is 0.321. The summed E-state index contributed by atoms with van der Waals surface area (Å²) in [6.07, 6.45) is -4.99. The van der Waals surface area contributed by atoms with Gasteiger partial charge in [0.05, 0.1) is 18.2 Å². The molecule has 7 heteroatoms. The molecule has 3 nitrogen and oxygen atoms in total. The lowest BCUT2D eigenvalue weighted by atomic mass is 9.96. The van der Waals surface area contributed by atoms with E-state index < -0.39 is 23.9 Å². The molecule has 3 rings (SSSR count). The van der Waals surface area contributed by atoms with Crippen LogP contribution in [0.15, 0.2) is 48.5 Å². The Labute approximate surface area is 141 Å². The van der Waals surface area contributed by atoms with E-state index in [1.165, 1.54) is 6.07 Å². The Morgan fingerprint density at radius 2 is 1.83 bits per heavy atom. The van der Waals surface area contributed by atoms with Crippen LogP contribution in [0.5, 0.6) is 0 Å². The molecule has 2 atom stereocenters. The van der Waals surface area contributed by atoms with Crippen molar-refractivity contribution in [2.45, 2.75) is 18.3 Å². The summed E-state index contributed by atoms with van der Waals surface area (Å²) in [5.74, 6) is -0.354. The molecule has 0 bridgehead atoms. The van der Waals surface area contributed by atoms with E-state index in [-0.39, 0.29) is 5.91 Å². The van der Waals surface area contributed by atoms with Crippen molar-refractivity contribution in [1.29, 1.82) is 0 Å². The van der Waals surface area contributed by atoms with Crippen molar-refractivity contribution >= 4 is 17.5 Å². The molecule has 0 spiro atoms. The van der Waals surface area contributed by atoms with Crippen LogP contribution in [0.4, 0.5) is 13.2 Å². The highest BCUT2D eigenvalue weighted by atomic mass is 35.5. The van der Waals surface area contributed by atoms with Crippen molar-refractivity contribution in [3.63, 3.8) is 0 Å². The first kappa shape index (κ1) is 16.8. The number of ether oxygens (including phenoxy) is 1. The highest BCUT2D eigenvalue weighted by Crippen LogP contribution is 2.32. The molecular weight excluding hydrogens is 343 g/mol. The molecule has 1 aliphatic heterocycles. The SMILES string of the molecule is O=C(NC(c1ccc(Cl)cc1)c1cccc(C(F)(F)F)c1)C1CO1. The molecule has 2 aromatic rings. The van der Waals surface area contributed by atoms with Crippen molar-refractivity contribution in [3.05, 3.63) is 70.2 Å². The number of benzene rings is 2. The Balaban J connectivity index is 1.97. The number of alkyl halides is 3. The molecule has 24 heavy (non-hydrogen) atoms. The van der Waals surface area contributed by atoms with Gasteiger partial charge in [-0.3, -0.25) is 4.79 Å². The molecule has 0 aromatic heterocycles. The number of hydrogen-bond donors (Lipinski definition) is 1. The van der Waals surface area contributed by atoms with E-state index in [0.717, 1.165) is 12.1 Å². The Hall–Kier alpha value is -2.05. The third-order valence-electron chi connectivity index (χ3n) is 3.66. The van der Waals surface area contributed by atoms with Crippen LogP contribution in [0.1, 0.15) is 22.7 Å². The molecule has 1 heterocycles. The number of hydrogen-bond acceptors (Lipinski definition) is 2. The number of amides is 1. The van der Waals surface area contributed by atoms with E-state index in [1.807, 2.05) is 0 Å². The average Bonchev–Trinajstić information content (AvgIpc) is 3.38. The fraction of sp³-hybridized carbons (Fsp3) is 0.235. The van der Waals surface area contributed by atoms with Gasteiger partial charge in [0.2, 0.25) is 0 Å². The van der Waals surface area contributed by atoms with E-state index in [2.05, 4.69) is 5.32 Å². The van der Waals surface area contributed by atoms with Crippen LogP contribution in [0.25, 0.3) is 0 Å². The van der Waals surface area contributed by atoms with Crippen LogP contribution in [-0.2, 0) is 15.7 Å². The molecule has 1 saturated heterocycles. The van der Waals surface area contributed by atoms with Gasteiger partial charge in [-0.05, 0) is 35.4 Å². The smallest absolute Gasteiger partial charge is 0.363 e. The zero-order chi connectivity index (χ0) is 17.3. The first-order valence-corrected chi connectivity index (χ1v) is 7.57. The summed E-state index contributed by atoms with van der Waals surface area (Å²) < 4.78 is 43.8. The number of carbonyl (C=O) groups is 1. The molecule has 1 N–H and O–H groups in total. The monoisotopic (exact) mass is 355 g/mol. The van der Waals surface area contributed by atoms with Gasteiger partial charge in [0.1, 0.15) is 0 Å². The largest absolute Gasteiger partial charge is 0.416 e. The van der Waals surface area contributed by atoms with Crippen LogP contribution in [0.2, 0.25) is 5.02 Å². The van der Waals surface area contributed by atoms with E-state index in [1.54, 1.807) is 30.3 Å². The van der Waals surface area contributed by atoms with Crippen molar-refractivity contribution in [3.8, 4) is 0 Å². The quantitative estimate of drug-likeness (QED) is 0.843. The molecule has 1 amide bonds. The summed E-state index contributed by atoms with van der Waals surface area (Å²) in [5.41, 5.74) is 0.199. The van der Waals surface area contributed by atoms with Crippen molar-refractivity contribution in [2.75, 3.05) is 6.61 Å². The molecule has 0 radical (unpaired) electrons. The van der Waals surface area contributed by atoms with Gasteiger partial charge in [0.15, 0.2) is 6.10 Å². The predicted molar refractivity (Wildman–Crippen MR) is 82.6 cm³/mol. The van der Waals surface area contributed by atoms with Gasteiger partial charge >= 0.3 is 6.18 Å². The molecule has 0 saturated carbocycles. The van der Waals surface area contributed by atoms with Gasteiger partial charge in [-0.25, -0.2) is 0 Å². The molecule has 126 valence electrons. The van der Waals surface area contributed by atoms with Gasteiger partial charge in [-0.1, -0.05) is 35.9 Å². The van der Waals surface area contributed by atoms with Crippen molar-refractivity contribution in [1.82, 2.24) is 5.32 Å². The van der Waals surface area contributed by atoms with E-state index >= 15 is 0 Å². The molecule has 1 aliphatic rings. The van der Waals surface area contributed by atoms with Gasteiger partial charge in [0, 0.05) is 5.02 Å². The van der Waals surface area contributed by atoms with Crippen LogP contribution in [0, 0.1) is 0 Å².